The van der Waals surface area contributed by atoms with Crippen molar-refractivity contribution in [1.82, 2.24) is 0 Å². The zero-order valence-corrected chi connectivity index (χ0v) is 11.9. The predicted molar refractivity (Wildman–Crippen MR) is 52.0 cm³/mol. The highest BCUT2D eigenvalue weighted by molar-refractivity contribution is 5.18. The third kappa shape index (κ3) is 3.28. The molecule has 0 spiro atoms. The maximum absolute atomic E-state index is 13.7. The monoisotopic (exact) mass is 428 g/mol. The van der Waals surface area contributed by atoms with Gasteiger partial charge in [0.05, 0.1) is 6.10 Å². The average molecular weight is 428 g/mol. The molecule has 2 atom stereocenters. The molecule has 0 radical (unpaired) electrons. The number of hydrogen-bond acceptors (Lipinski definition) is 1. The van der Waals surface area contributed by atoms with E-state index in [9.17, 15) is 65.9 Å². The van der Waals surface area contributed by atoms with Crippen molar-refractivity contribution in [3.05, 3.63) is 0 Å². The van der Waals surface area contributed by atoms with Crippen molar-refractivity contribution >= 4 is 0 Å². The average Bonchev–Trinajstić information content (AvgIpc) is 2.32. The van der Waals surface area contributed by atoms with Crippen molar-refractivity contribution in [1.29, 1.82) is 0 Å². The molecule has 0 fully saturated rings. The lowest BCUT2D eigenvalue weighted by Gasteiger charge is -2.45. The van der Waals surface area contributed by atoms with Crippen molar-refractivity contribution in [3.8, 4) is 0 Å². The highest BCUT2D eigenvalue weighted by Gasteiger charge is 2.96. The third-order valence-corrected chi connectivity index (χ3v) is 3.02. The minimum absolute atomic E-state index is 0.194. The molecule has 0 aliphatic carbocycles. The maximum Gasteiger partial charge on any atom is 0.460 e. The Bertz CT molecular complexity index is 502. The van der Waals surface area contributed by atoms with Crippen molar-refractivity contribution in [2.24, 2.45) is 0 Å². The molecule has 0 saturated carbocycles. The highest BCUT2D eigenvalue weighted by Crippen LogP contribution is 2.64. The van der Waals surface area contributed by atoms with Crippen LogP contribution in [0.3, 0.4) is 0 Å². The van der Waals surface area contributed by atoms with Gasteiger partial charge >= 0.3 is 41.7 Å². The van der Waals surface area contributed by atoms with Gasteiger partial charge in [0.1, 0.15) is 0 Å². The van der Waals surface area contributed by atoms with E-state index in [0.717, 1.165) is 0 Å². The number of rotatable bonds is 6. The van der Waals surface area contributed by atoms with Crippen molar-refractivity contribution in [2.75, 3.05) is 0 Å². The molecule has 1 nitrogen and oxygen atoms in total. The van der Waals surface area contributed by atoms with E-state index >= 15 is 0 Å². The van der Waals surface area contributed by atoms with Crippen LogP contribution in [0.1, 0.15) is 13.3 Å². The Labute approximate surface area is 133 Å². The summed E-state index contributed by atoms with van der Waals surface area (Å²) in [6.45, 7) is 0.194. The molecule has 0 saturated heterocycles. The topological polar surface area (TPSA) is 20.2 Å². The zero-order valence-electron chi connectivity index (χ0n) is 11.9. The second-order valence-electron chi connectivity index (χ2n) is 5.13. The molecule has 2 unspecified atom stereocenters. The SMILES string of the molecule is CC(O)CC(F)(F)C(F)(F)C(F)(C(F)(F)F)C(F)(F)C(F)(F)C(F)(F)F. The second kappa shape index (κ2) is 6.22. The van der Waals surface area contributed by atoms with E-state index in [4.69, 9.17) is 5.11 Å². The molecule has 0 aromatic rings. The van der Waals surface area contributed by atoms with E-state index in [1.165, 1.54) is 0 Å². The largest absolute Gasteiger partial charge is 0.460 e. The second-order valence-corrected chi connectivity index (χ2v) is 5.13. The van der Waals surface area contributed by atoms with Crippen molar-refractivity contribution in [3.63, 3.8) is 0 Å². The van der Waals surface area contributed by atoms with Crippen molar-refractivity contribution < 1.29 is 71.0 Å². The van der Waals surface area contributed by atoms with Gasteiger partial charge in [-0.05, 0) is 6.92 Å². The van der Waals surface area contributed by atoms with Crippen LogP contribution in [0.15, 0.2) is 0 Å². The molecule has 0 aliphatic rings. The molecule has 0 bridgehead atoms. The first-order valence-electron chi connectivity index (χ1n) is 5.93. The molecule has 0 aliphatic heterocycles. The van der Waals surface area contributed by atoms with Gasteiger partial charge in [0, 0.05) is 6.42 Å². The fraction of sp³-hybridized carbons (Fsp3) is 1.00. The zero-order chi connectivity index (χ0) is 21.8. The summed E-state index contributed by atoms with van der Waals surface area (Å²) in [5.74, 6) is -31.0. The molecule has 26 heavy (non-hydrogen) atoms. The van der Waals surface area contributed by atoms with E-state index < -0.39 is 54.2 Å². The summed E-state index contributed by atoms with van der Waals surface area (Å²) in [4.78, 5) is 0. The van der Waals surface area contributed by atoms with Crippen molar-refractivity contribution in [2.45, 2.75) is 61.2 Å². The quantitative estimate of drug-likeness (QED) is 0.582. The van der Waals surface area contributed by atoms with Crippen LogP contribution in [0, 0.1) is 0 Å². The summed E-state index contributed by atoms with van der Waals surface area (Å²) >= 11 is 0. The molecule has 158 valence electrons. The Morgan fingerprint density at radius 3 is 1.15 bits per heavy atom. The van der Waals surface area contributed by atoms with Crippen LogP contribution in [0.2, 0.25) is 0 Å². The van der Waals surface area contributed by atoms with E-state index in [1.807, 2.05) is 0 Å². The van der Waals surface area contributed by atoms with Crippen LogP contribution in [0.25, 0.3) is 0 Å². The van der Waals surface area contributed by atoms with Crippen LogP contribution in [-0.4, -0.2) is 52.9 Å². The van der Waals surface area contributed by atoms with Gasteiger partial charge in [0.25, 0.3) is 0 Å². The fourth-order valence-electron chi connectivity index (χ4n) is 1.70. The van der Waals surface area contributed by atoms with Crippen LogP contribution in [0.4, 0.5) is 65.9 Å². The summed E-state index contributed by atoms with van der Waals surface area (Å²) in [5.41, 5.74) is -8.36. The standard InChI is InChI=1S/C10H7F15O/c1-3(26)2-4(11,12)6(14,15)5(13,9(20,21)22)7(16,17)8(18,19)10(23,24)25/h3,26H,2H2,1H3. The van der Waals surface area contributed by atoms with Gasteiger partial charge in [-0.2, -0.15) is 61.5 Å². The number of halogens is 15. The van der Waals surface area contributed by atoms with Crippen LogP contribution >= 0.6 is 0 Å². The maximum atomic E-state index is 13.7. The van der Waals surface area contributed by atoms with Gasteiger partial charge in [0.2, 0.25) is 0 Å². The molecular formula is C10H7F15O. The molecule has 0 aromatic heterocycles. The Hall–Kier alpha value is -1.09. The molecule has 0 amide bonds. The summed E-state index contributed by atoms with van der Waals surface area (Å²) in [7, 11) is 0. The smallest absolute Gasteiger partial charge is 0.393 e. The number of hydrogen-bond donors (Lipinski definition) is 1. The highest BCUT2D eigenvalue weighted by atomic mass is 19.4. The molecular weight excluding hydrogens is 421 g/mol. The number of aliphatic hydroxyl groups is 1. The summed E-state index contributed by atoms with van der Waals surface area (Å²) < 4.78 is 192. The van der Waals surface area contributed by atoms with Gasteiger partial charge in [-0.25, -0.2) is 4.39 Å². The van der Waals surface area contributed by atoms with Gasteiger partial charge in [-0.15, -0.1) is 0 Å². The molecule has 1 N–H and O–H groups in total. The first-order chi connectivity index (χ1) is 10.9. The minimum atomic E-state index is -8.41. The van der Waals surface area contributed by atoms with Gasteiger partial charge in [-0.3, -0.25) is 0 Å². The van der Waals surface area contributed by atoms with Crippen LogP contribution < -0.4 is 0 Å². The lowest BCUT2D eigenvalue weighted by Crippen LogP contribution is -2.77. The van der Waals surface area contributed by atoms with E-state index in [2.05, 4.69) is 0 Å². The van der Waals surface area contributed by atoms with Gasteiger partial charge in [-0.1, -0.05) is 0 Å². The normalized spacial score (nSPS) is 19.3. The third-order valence-electron chi connectivity index (χ3n) is 3.02. The molecule has 0 aromatic carbocycles. The first-order valence-corrected chi connectivity index (χ1v) is 5.93. The van der Waals surface area contributed by atoms with E-state index in [-0.39, 0.29) is 6.92 Å². The lowest BCUT2D eigenvalue weighted by molar-refractivity contribution is -0.458. The Kier molecular flexibility index (Phi) is 5.96. The Balaban J connectivity index is 6.87. The van der Waals surface area contributed by atoms with E-state index in [1.54, 1.807) is 0 Å². The fourth-order valence-corrected chi connectivity index (χ4v) is 1.70. The predicted octanol–water partition coefficient (Wildman–Crippen LogP) is 5.13. The molecule has 16 heteroatoms. The molecule has 0 heterocycles. The summed E-state index contributed by atoms with van der Waals surface area (Å²) in [6, 6.07) is 0. The minimum Gasteiger partial charge on any atom is -0.393 e. The summed E-state index contributed by atoms with van der Waals surface area (Å²) in [5, 5.41) is 8.48. The Morgan fingerprint density at radius 2 is 0.923 bits per heavy atom. The van der Waals surface area contributed by atoms with Crippen LogP contribution in [-0.2, 0) is 0 Å². The summed E-state index contributed by atoms with van der Waals surface area (Å²) in [6.07, 6.45) is -21.3. The van der Waals surface area contributed by atoms with Gasteiger partial charge in [0.15, 0.2) is 0 Å². The number of alkyl halides is 15. The lowest BCUT2D eigenvalue weighted by atomic mass is 9.81. The number of aliphatic hydroxyl groups excluding tert-OH is 1. The van der Waals surface area contributed by atoms with Gasteiger partial charge < -0.3 is 5.11 Å². The van der Waals surface area contributed by atoms with Crippen LogP contribution in [0.5, 0.6) is 0 Å². The molecule has 0 rings (SSSR count). The Morgan fingerprint density at radius 1 is 0.577 bits per heavy atom. The van der Waals surface area contributed by atoms with E-state index in [0.29, 0.717) is 0 Å². The first kappa shape index (κ1) is 24.9.